The molecule has 0 heterocycles. The lowest BCUT2D eigenvalue weighted by Gasteiger charge is -2.18. The van der Waals surface area contributed by atoms with Crippen molar-refractivity contribution >= 4 is 17.9 Å². The van der Waals surface area contributed by atoms with Crippen molar-refractivity contribution < 1.29 is 28.6 Å². The van der Waals surface area contributed by atoms with Crippen LogP contribution in [0.15, 0.2) is 109 Å². The van der Waals surface area contributed by atoms with E-state index in [0.29, 0.717) is 12.8 Å². The van der Waals surface area contributed by atoms with E-state index >= 15 is 0 Å². The Morgan fingerprint density at radius 1 is 0.293 bits per heavy atom. The predicted octanol–water partition coefficient (Wildman–Crippen LogP) is 21.4. The van der Waals surface area contributed by atoms with Crippen LogP contribution in [0.5, 0.6) is 0 Å². The van der Waals surface area contributed by atoms with Crippen molar-refractivity contribution in [2.75, 3.05) is 13.2 Å². The van der Waals surface area contributed by atoms with Gasteiger partial charge in [0.15, 0.2) is 6.10 Å². The minimum Gasteiger partial charge on any atom is -0.462 e. The van der Waals surface area contributed by atoms with Gasteiger partial charge in [0.25, 0.3) is 0 Å². The minimum atomic E-state index is -0.829. The molecule has 0 aliphatic carbocycles. The molecule has 0 bridgehead atoms. The zero-order valence-corrected chi connectivity index (χ0v) is 49.0. The maximum atomic E-state index is 12.8. The minimum absolute atomic E-state index is 0.0979. The van der Waals surface area contributed by atoms with E-state index in [0.717, 1.165) is 96.3 Å². The third-order valence-electron chi connectivity index (χ3n) is 13.3. The largest absolute Gasteiger partial charge is 0.462 e. The molecule has 0 saturated carbocycles. The van der Waals surface area contributed by atoms with Gasteiger partial charge in [-0.25, -0.2) is 0 Å². The summed E-state index contributed by atoms with van der Waals surface area (Å²) >= 11 is 0. The van der Waals surface area contributed by atoms with Crippen LogP contribution in [0.25, 0.3) is 0 Å². The van der Waals surface area contributed by atoms with E-state index in [9.17, 15) is 14.4 Å². The predicted molar refractivity (Wildman–Crippen MR) is 325 cm³/mol. The van der Waals surface area contributed by atoms with Crippen LogP contribution in [-0.4, -0.2) is 37.2 Å². The molecule has 0 radical (unpaired) electrons. The van der Waals surface area contributed by atoms with Gasteiger partial charge < -0.3 is 14.2 Å². The van der Waals surface area contributed by atoms with Crippen LogP contribution in [0.3, 0.4) is 0 Å². The number of unbranched alkanes of at least 4 members (excludes halogenated alkanes) is 28. The van der Waals surface area contributed by atoms with E-state index in [4.69, 9.17) is 14.2 Å². The van der Waals surface area contributed by atoms with Gasteiger partial charge in [0.2, 0.25) is 0 Å². The van der Waals surface area contributed by atoms with Crippen molar-refractivity contribution in [3.05, 3.63) is 109 Å². The fourth-order valence-electron chi connectivity index (χ4n) is 8.69. The summed E-state index contributed by atoms with van der Waals surface area (Å²) in [7, 11) is 0. The van der Waals surface area contributed by atoms with Crippen molar-refractivity contribution in [3.63, 3.8) is 0 Å². The molecule has 6 heteroatoms. The highest BCUT2D eigenvalue weighted by Gasteiger charge is 2.19. The van der Waals surface area contributed by atoms with Gasteiger partial charge in [0.05, 0.1) is 6.42 Å². The zero-order valence-electron chi connectivity index (χ0n) is 49.0. The number of hydrogen-bond donors (Lipinski definition) is 0. The molecule has 0 aromatic rings. The van der Waals surface area contributed by atoms with E-state index in [1.54, 1.807) is 6.08 Å². The average Bonchev–Trinajstić information content (AvgIpc) is 3.41. The maximum absolute atomic E-state index is 12.8. The van der Waals surface area contributed by atoms with E-state index in [1.807, 2.05) is 6.08 Å². The second-order valence-corrected chi connectivity index (χ2v) is 20.6. The monoisotopic (exact) mass is 1040 g/mol. The number of rotatable bonds is 56. The molecule has 1 unspecified atom stereocenters. The normalized spacial score (nSPS) is 12.8. The number of allylic oxidation sites excluding steroid dienone is 17. The van der Waals surface area contributed by atoms with Crippen LogP contribution >= 0.6 is 0 Å². The first-order valence-corrected chi connectivity index (χ1v) is 31.4. The number of esters is 3. The maximum Gasteiger partial charge on any atom is 0.310 e. The smallest absolute Gasteiger partial charge is 0.310 e. The molecule has 0 rings (SSSR count). The van der Waals surface area contributed by atoms with Crippen LogP contribution in [0, 0.1) is 0 Å². The summed E-state index contributed by atoms with van der Waals surface area (Å²) in [6.07, 6.45) is 85.8. The van der Waals surface area contributed by atoms with Crippen LogP contribution in [0.2, 0.25) is 0 Å². The molecule has 6 nitrogen and oxygen atoms in total. The lowest BCUT2D eigenvalue weighted by molar-refractivity contribution is -0.166. The third-order valence-corrected chi connectivity index (χ3v) is 13.3. The highest BCUT2D eigenvalue weighted by molar-refractivity contribution is 5.72. The molecule has 0 aliphatic heterocycles. The molecule has 0 spiro atoms. The average molecular weight is 1040 g/mol. The Balaban J connectivity index is 4.11. The lowest BCUT2D eigenvalue weighted by atomic mass is 10.0. The van der Waals surface area contributed by atoms with E-state index in [1.165, 1.54) is 154 Å². The molecule has 0 fully saturated rings. The van der Waals surface area contributed by atoms with Gasteiger partial charge in [-0.05, 0) is 83.5 Å². The van der Waals surface area contributed by atoms with Gasteiger partial charge >= 0.3 is 17.9 Å². The molecule has 0 aromatic heterocycles. The van der Waals surface area contributed by atoms with Crippen LogP contribution in [0.1, 0.15) is 290 Å². The Morgan fingerprint density at radius 2 is 0.560 bits per heavy atom. The van der Waals surface area contributed by atoms with Crippen molar-refractivity contribution in [1.29, 1.82) is 0 Å². The molecule has 0 aromatic carbocycles. The van der Waals surface area contributed by atoms with Crippen LogP contribution in [0.4, 0.5) is 0 Å². The lowest BCUT2D eigenvalue weighted by Crippen LogP contribution is -2.30. The van der Waals surface area contributed by atoms with Crippen molar-refractivity contribution in [2.24, 2.45) is 0 Å². The number of carbonyl (C=O) groups is 3. The topological polar surface area (TPSA) is 78.9 Å². The van der Waals surface area contributed by atoms with Gasteiger partial charge in [-0.3, -0.25) is 14.4 Å². The fourth-order valence-corrected chi connectivity index (χ4v) is 8.69. The first kappa shape index (κ1) is 71.1. The number of hydrogen-bond acceptors (Lipinski definition) is 6. The van der Waals surface area contributed by atoms with Crippen LogP contribution in [-0.2, 0) is 28.6 Å². The van der Waals surface area contributed by atoms with Crippen molar-refractivity contribution in [3.8, 4) is 0 Å². The Kier molecular flexibility index (Phi) is 59.3. The van der Waals surface area contributed by atoms with Crippen LogP contribution < -0.4 is 0 Å². The summed E-state index contributed by atoms with van der Waals surface area (Å²) in [6, 6.07) is 0. The Labute approximate surface area is 463 Å². The highest BCUT2D eigenvalue weighted by Crippen LogP contribution is 2.17. The Morgan fingerprint density at radius 3 is 0.880 bits per heavy atom. The molecular weight excluding hydrogens is 925 g/mol. The van der Waals surface area contributed by atoms with Gasteiger partial charge in [0.1, 0.15) is 13.2 Å². The van der Waals surface area contributed by atoms with Crippen molar-refractivity contribution in [2.45, 2.75) is 297 Å². The van der Waals surface area contributed by atoms with E-state index < -0.39 is 12.1 Å². The first-order chi connectivity index (χ1) is 37.0. The van der Waals surface area contributed by atoms with E-state index in [2.05, 4.69) is 118 Å². The third kappa shape index (κ3) is 60.8. The summed E-state index contributed by atoms with van der Waals surface area (Å²) in [6.45, 7) is 6.32. The summed E-state index contributed by atoms with van der Waals surface area (Å²) in [5, 5.41) is 0. The quantitative estimate of drug-likeness (QED) is 0.0261. The molecule has 0 amide bonds. The highest BCUT2D eigenvalue weighted by atomic mass is 16.6. The zero-order chi connectivity index (χ0) is 54.3. The van der Waals surface area contributed by atoms with Gasteiger partial charge in [-0.1, -0.05) is 297 Å². The second kappa shape index (κ2) is 62.6. The van der Waals surface area contributed by atoms with Gasteiger partial charge in [0, 0.05) is 12.8 Å². The standard InChI is InChI=1S/C69H116O6/c1-4-7-10-13-16-19-21-23-25-26-27-28-29-30-31-32-33-34-35-36-37-38-39-40-41-42-44-45-47-50-53-56-59-62-68(71)74-65-66(64-73-67(70)61-58-55-52-49-18-15-12-9-6-3)75-69(72)63-60-57-54-51-48-46-43-24-22-20-17-14-11-8-5-2/h7-8,10-11,16-17,19-20,23-25,27-28,43,48,51,57,60,66H,4-6,9,12-15,18,21-22,26,29-42,44-47,49-50,52-56,58-59,61-65H2,1-3H3/b10-7-,11-8-,19-16-,20-17-,25-23-,28-27-,43-24-,51-48-,60-57-. The van der Waals surface area contributed by atoms with Gasteiger partial charge in [-0.15, -0.1) is 0 Å². The summed E-state index contributed by atoms with van der Waals surface area (Å²) in [5.74, 6) is -1.04. The number of ether oxygens (including phenoxy) is 3. The Bertz CT molecular complexity index is 1520. The SMILES string of the molecule is CC/C=C\C/C=C\C/C=C\C/C=C\C/C=C\CC(=O)OC(COC(=O)CCCCCCCCCCC)COC(=O)CCCCCCCCCCCCCCCCCCCCCC/C=C\C/C=C\C/C=C\C/C=C\CC. The summed E-state index contributed by atoms with van der Waals surface area (Å²) < 4.78 is 16.7. The number of carbonyl (C=O) groups excluding carboxylic acids is 3. The molecule has 428 valence electrons. The van der Waals surface area contributed by atoms with Crippen molar-refractivity contribution in [1.82, 2.24) is 0 Å². The molecule has 1 atom stereocenters. The van der Waals surface area contributed by atoms with E-state index in [-0.39, 0.29) is 31.6 Å². The Hall–Kier alpha value is -3.93. The molecule has 0 N–H and O–H groups in total. The molecular formula is C69H116O6. The molecule has 0 aliphatic rings. The summed E-state index contributed by atoms with van der Waals surface area (Å²) in [4.78, 5) is 38.0. The fraction of sp³-hybridized carbons (Fsp3) is 0.696. The van der Waals surface area contributed by atoms with Gasteiger partial charge in [-0.2, -0.15) is 0 Å². The summed E-state index contributed by atoms with van der Waals surface area (Å²) in [5.41, 5.74) is 0. The molecule has 0 saturated heterocycles. The molecule has 75 heavy (non-hydrogen) atoms. The first-order valence-electron chi connectivity index (χ1n) is 31.4. The second-order valence-electron chi connectivity index (χ2n) is 20.6.